The molecule has 18 heavy (non-hydrogen) atoms. The Morgan fingerprint density at radius 1 is 1.11 bits per heavy atom. The summed E-state index contributed by atoms with van der Waals surface area (Å²) in [6.07, 6.45) is 0.982. The van der Waals surface area contributed by atoms with Crippen LogP contribution in [0.1, 0.15) is 40.2 Å². The Bertz CT molecular complexity index is 410. The van der Waals surface area contributed by atoms with E-state index in [2.05, 4.69) is 20.8 Å². The first-order valence-electron chi connectivity index (χ1n) is 6.11. The van der Waals surface area contributed by atoms with Crippen molar-refractivity contribution in [2.75, 3.05) is 0 Å². The third-order valence-electron chi connectivity index (χ3n) is 2.55. The Kier molecular flexibility index (Phi) is 4.05. The maximum absolute atomic E-state index is 11.0. The molecular formula is C15H22O3. The van der Waals surface area contributed by atoms with Crippen molar-refractivity contribution in [2.45, 2.75) is 46.6 Å². The third kappa shape index (κ3) is 4.40. The van der Waals surface area contributed by atoms with Gasteiger partial charge in [-0.15, -0.1) is 0 Å². The van der Waals surface area contributed by atoms with Crippen LogP contribution in [0.15, 0.2) is 24.3 Å². The van der Waals surface area contributed by atoms with E-state index in [1.165, 1.54) is 5.56 Å². The minimum absolute atomic E-state index is 0.239. The van der Waals surface area contributed by atoms with Crippen LogP contribution in [0.2, 0.25) is 0 Å². The zero-order chi connectivity index (χ0) is 14.0. The van der Waals surface area contributed by atoms with Gasteiger partial charge in [-0.3, -0.25) is 0 Å². The lowest BCUT2D eigenvalue weighted by Gasteiger charge is -2.22. The quantitative estimate of drug-likeness (QED) is 0.889. The van der Waals surface area contributed by atoms with Gasteiger partial charge in [-0.25, -0.2) is 4.79 Å². The monoisotopic (exact) mass is 250 g/mol. The van der Waals surface area contributed by atoms with Crippen LogP contribution in [0.25, 0.3) is 0 Å². The van der Waals surface area contributed by atoms with Gasteiger partial charge in [0.25, 0.3) is 0 Å². The highest BCUT2D eigenvalue weighted by atomic mass is 16.5. The van der Waals surface area contributed by atoms with Crippen molar-refractivity contribution >= 4 is 5.97 Å². The van der Waals surface area contributed by atoms with Crippen LogP contribution in [0.4, 0.5) is 0 Å². The normalized spacial score (nSPS) is 12.3. The van der Waals surface area contributed by atoms with E-state index in [0.717, 1.165) is 6.42 Å². The fraction of sp³-hybridized carbons (Fsp3) is 0.533. The molecule has 0 spiro atoms. The summed E-state index contributed by atoms with van der Waals surface area (Å²) in [4.78, 5) is 11.0. The molecule has 1 rings (SSSR count). The molecule has 0 unspecified atom stereocenters. The maximum atomic E-state index is 11.0. The minimum Gasteiger partial charge on any atom is -0.478 e. The van der Waals surface area contributed by atoms with Crippen LogP contribution in [-0.4, -0.2) is 16.7 Å². The highest BCUT2D eigenvalue weighted by molar-refractivity contribution is 5.76. The zero-order valence-electron chi connectivity index (χ0n) is 11.8. The van der Waals surface area contributed by atoms with Gasteiger partial charge < -0.3 is 9.84 Å². The number of carboxylic acid groups (broad SMARTS) is 1. The van der Waals surface area contributed by atoms with E-state index in [-0.39, 0.29) is 5.41 Å². The summed E-state index contributed by atoms with van der Waals surface area (Å²) in [5.41, 5.74) is 0.261. The van der Waals surface area contributed by atoms with Crippen LogP contribution in [0.5, 0.6) is 5.75 Å². The summed E-state index contributed by atoms with van der Waals surface area (Å²) < 4.78 is 5.45. The second kappa shape index (κ2) is 5.01. The van der Waals surface area contributed by atoms with Crippen LogP contribution in [0, 0.1) is 5.41 Å². The first kappa shape index (κ1) is 14.6. The van der Waals surface area contributed by atoms with Gasteiger partial charge in [0.1, 0.15) is 5.75 Å². The van der Waals surface area contributed by atoms with Crippen molar-refractivity contribution in [2.24, 2.45) is 5.41 Å². The largest absolute Gasteiger partial charge is 0.478 e. The van der Waals surface area contributed by atoms with Crippen molar-refractivity contribution in [3.8, 4) is 5.75 Å². The molecule has 0 radical (unpaired) electrons. The average molecular weight is 250 g/mol. The molecule has 0 aliphatic heterocycles. The SMILES string of the molecule is CC(C)(C)Cc1ccc(OC(C)(C)C(=O)O)cc1. The fourth-order valence-electron chi connectivity index (χ4n) is 1.63. The Morgan fingerprint density at radius 3 is 2.00 bits per heavy atom. The molecule has 3 nitrogen and oxygen atoms in total. The van der Waals surface area contributed by atoms with Crippen molar-refractivity contribution in [1.29, 1.82) is 0 Å². The molecule has 0 heterocycles. The molecule has 1 aromatic carbocycles. The van der Waals surface area contributed by atoms with Crippen LogP contribution in [-0.2, 0) is 11.2 Å². The van der Waals surface area contributed by atoms with Gasteiger partial charge in [0.05, 0.1) is 0 Å². The summed E-state index contributed by atoms with van der Waals surface area (Å²) in [7, 11) is 0. The second-order valence-electron chi connectivity index (χ2n) is 6.30. The van der Waals surface area contributed by atoms with Crippen molar-refractivity contribution in [3.05, 3.63) is 29.8 Å². The van der Waals surface area contributed by atoms with Crippen LogP contribution in [0.3, 0.4) is 0 Å². The fourth-order valence-corrected chi connectivity index (χ4v) is 1.63. The molecule has 0 amide bonds. The molecule has 0 aliphatic carbocycles. The second-order valence-corrected chi connectivity index (χ2v) is 6.30. The van der Waals surface area contributed by atoms with E-state index >= 15 is 0 Å². The zero-order valence-corrected chi connectivity index (χ0v) is 11.8. The Labute approximate surface area is 109 Å². The average Bonchev–Trinajstić information content (AvgIpc) is 2.18. The number of hydrogen-bond acceptors (Lipinski definition) is 2. The topological polar surface area (TPSA) is 46.5 Å². The third-order valence-corrected chi connectivity index (χ3v) is 2.55. The van der Waals surface area contributed by atoms with Gasteiger partial charge in [0.15, 0.2) is 5.60 Å². The number of carboxylic acids is 1. The minimum atomic E-state index is -1.20. The molecule has 1 N–H and O–H groups in total. The van der Waals surface area contributed by atoms with E-state index < -0.39 is 11.6 Å². The van der Waals surface area contributed by atoms with Gasteiger partial charge in [-0.1, -0.05) is 32.9 Å². The van der Waals surface area contributed by atoms with Crippen LogP contribution >= 0.6 is 0 Å². The van der Waals surface area contributed by atoms with Crippen molar-refractivity contribution < 1.29 is 14.6 Å². The van der Waals surface area contributed by atoms with Gasteiger partial charge in [0.2, 0.25) is 0 Å². The molecule has 1 aromatic rings. The molecule has 0 saturated carbocycles. The first-order valence-corrected chi connectivity index (χ1v) is 6.11. The molecule has 0 aromatic heterocycles. The maximum Gasteiger partial charge on any atom is 0.347 e. The Morgan fingerprint density at radius 2 is 1.61 bits per heavy atom. The summed E-state index contributed by atoms with van der Waals surface area (Å²) in [5, 5.41) is 8.99. The highest BCUT2D eigenvalue weighted by Crippen LogP contribution is 2.24. The summed E-state index contributed by atoms with van der Waals surface area (Å²) in [6, 6.07) is 7.62. The number of benzene rings is 1. The summed E-state index contributed by atoms with van der Waals surface area (Å²) >= 11 is 0. The molecule has 0 fully saturated rings. The van der Waals surface area contributed by atoms with E-state index in [1.54, 1.807) is 13.8 Å². The highest BCUT2D eigenvalue weighted by Gasteiger charge is 2.29. The predicted octanol–water partition coefficient (Wildman–Crippen LogP) is 3.52. The Balaban J connectivity index is 2.75. The smallest absolute Gasteiger partial charge is 0.347 e. The number of hydrogen-bond donors (Lipinski definition) is 1. The molecule has 0 saturated heterocycles. The molecule has 3 heteroatoms. The molecule has 0 aliphatic rings. The van der Waals surface area contributed by atoms with Gasteiger partial charge in [-0.2, -0.15) is 0 Å². The summed E-state index contributed by atoms with van der Waals surface area (Å²) in [5.74, 6) is -0.388. The molecule has 100 valence electrons. The van der Waals surface area contributed by atoms with E-state index in [1.807, 2.05) is 24.3 Å². The Hall–Kier alpha value is -1.51. The molecule has 0 bridgehead atoms. The van der Waals surface area contributed by atoms with Crippen molar-refractivity contribution in [1.82, 2.24) is 0 Å². The molecule has 0 atom stereocenters. The number of ether oxygens (including phenoxy) is 1. The van der Waals surface area contributed by atoms with Crippen molar-refractivity contribution in [3.63, 3.8) is 0 Å². The van der Waals surface area contributed by atoms with Crippen LogP contribution < -0.4 is 4.74 Å². The van der Waals surface area contributed by atoms with E-state index in [4.69, 9.17) is 9.84 Å². The predicted molar refractivity (Wildman–Crippen MR) is 71.9 cm³/mol. The lowest BCUT2D eigenvalue weighted by Crippen LogP contribution is -2.37. The van der Waals surface area contributed by atoms with Gasteiger partial charge in [-0.05, 0) is 43.4 Å². The van der Waals surface area contributed by atoms with E-state index in [0.29, 0.717) is 5.75 Å². The summed E-state index contributed by atoms with van der Waals surface area (Å²) in [6.45, 7) is 9.64. The van der Waals surface area contributed by atoms with Gasteiger partial charge >= 0.3 is 5.97 Å². The standard InChI is InChI=1S/C15H22O3/c1-14(2,3)10-11-6-8-12(9-7-11)18-15(4,5)13(16)17/h6-9H,10H2,1-5H3,(H,16,17). The number of aliphatic carboxylic acids is 1. The van der Waals surface area contributed by atoms with E-state index in [9.17, 15) is 4.79 Å². The lowest BCUT2D eigenvalue weighted by molar-refractivity contribution is -0.152. The molecular weight excluding hydrogens is 228 g/mol. The lowest BCUT2D eigenvalue weighted by atomic mass is 9.88. The van der Waals surface area contributed by atoms with Gasteiger partial charge in [0, 0.05) is 0 Å². The number of carbonyl (C=O) groups is 1. The number of rotatable bonds is 4. The first-order chi connectivity index (χ1) is 8.10.